The van der Waals surface area contributed by atoms with E-state index in [4.69, 9.17) is 4.52 Å². The number of anilines is 1. The van der Waals surface area contributed by atoms with E-state index in [0.717, 1.165) is 6.42 Å². The lowest BCUT2D eigenvalue weighted by atomic mass is 10.1. The van der Waals surface area contributed by atoms with E-state index in [-0.39, 0.29) is 5.82 Å². The lowest BCUT2D eigenvalue weighted by molar-refractivity contribution is 0.375. The van der Waals surface area contributed by atoms with Crippen LogP contribution in [0.1, 0.15) is 25.6 Å². The van der Waals surface area contributed by atoms with Gasteiger partial charge in [-0.15, -0.1) is 0 Å². The van der Waals surface area contributed by atoms with Gasteiger partial charge in [-0.3, -0.25) is 0 Å². The molecule has 0 radical (unpaired) electrons. The molecule has 7 heteroatoms. The molecule has 3 aromatic rings. The molecule has 0 aliphatic rings. The first-order valence-corrected chi connectivity index (χ1v) is 7.46. The second-order valence-corrected chi connectivity index (χ2v) is 5.67. The smallest absolute Gasteiger partial charge is 0.245 e. The molecule has 0 bridgehead atoms. The Morgan fingerprint density at radius 1 is 1.35 bits per heavy atom. The molecular weight excluding hydrogens is 297 g/mol. The summed E-state index contributed by atoms with van der Waals surface area (Å²) in [5.41, 5.74) is 1.04. The number of nitrogens with one attached hydrogen (secondary N) is 1. The van der Waals surface area contributed by atoms with Gasteiger partial charge in [0, 0.05) is 24.5 Å². The number of hydrogen-bond donors (Lipinski definition) is 1. The van der Waals surface area contributed by atoms with Gasteiger partial charge in [0.05, 0.1) is 6.54 Å². The quantitative estimate of drug-likeness (QED) is 0.756. The molecule has 0 atom stereocenters. The summed E-state index contributed by atoms with van der Waals surface area (Å²) in [6.07, 6.45) is 4.08. The molecule has 1 aromatic carbocycles. The van der Waals surface area contributed by atoms with Crippen molar-refractivity contribution in [1.82, 2.24) is 19.9 Å². The molecule has 120 valence electrons. The molecule has 0 saturated carbocycles. The summed E-state index contributed by atoms with van der Waals surface area (Å²) in [5, 5.41) is 11.0. The Morgan fingerprint density at radius 2 is 2.22 bits per heavy atom. The zero-order chi connectivity index (χ0) is 16.2. The zero-order valence-electron chi connectivity index (χ0n) is 13.0. The van der Waals surface area contributed by atoms with E-state index < -0.39 is 0 Å². The average Bonchev–Trinajstić information content (AvgIpc) is 3.16. The first-order chi connectivity index (χ1) is 11.1. The van der Waals surface area contributed by atoms with E-state index >= 15 is 0 Å². The highest BCUT2D eigenvalue weighted by Crippen LogP contribution is 2.18. The highest BCUT2D eigenvalue weighted by Gasteiger charge is 2.09. The van der Waals surface area contributed by atoms with Crippen LogP contribution in [-0.2, 0) is 13.0 Å². The molecule has 23 heavy (non-hydrogen) atoms. The molecular formula is C16H18FN5O. The van der Waals surface area contributed by atoms with E-state index in [9.17, 15) is 4.39 Å². The van der Waals surface area contributed by atoms with Gasteiger partial charge in [0.15, 0.2) is 11.6 Å². The molecule has 0 amide bonds. The van der Waals surface area contributed by atoms with Gasteiger partial charge >= 0.3 is 0 Å². The Morgan fingerprint density at radius 3 is 2.91 bits per heavy atom. The van der Waals surface area contributed by atoms with Crippen LogP contribution in [0.5, 0.6) is 0 Å². The van der Waals surface area contributed by atoms with Crippen LogP contribution < -0.4 is 5.32 Å². The largest absolute Gasteiger partial charge is 0.376 e. The highest BCUT2D eigenvalue weighted by atomic mass is 19.1. The zero-order valence-corrected chi connectivity index (χ0v) is 13.0. The summed E-state index contributed by atoms with van der Waals surface area (Å²) < 4.78 is 20.8. The van der Waals surface area contributed by atoms with E-state index in [1.165, 1.54) is 10.7 Å². The van der Waals surface area contributed by atoms with Crippen molar-refractivity contribution in [3.63, 3.8) is 0 Å². The maximum Gasteiger partial charge on any atom is 0.245 e. The molecule has 6 nitrogen and oxygen atoms in total. The minimum Gasteiger partial charge on any atom is -0.376 e. The minimum absolute atomic E-state index is 0.353. The third-order valence-electron chi connectivity index (χ3n) is 3.24. The fourth-order valence-electron chi connectivity index (χ4n) is 2.20. The van der Waals surface area contributed by atoms with Crippen molar-refractivity contribution in [3.8, 4) is 5.69 Å². The molecule has 0 unspecified atom stereocenters. The minimum atomic E-state index is -0.357. The van der Waals surface area contributed by atoms with Gasteiger partial charge in [0.1, 0.15) is 5.69 Å². The van der Waals surface area contributed by atoms with Crippen molar-refractivity contribution in [3.05, 3.63) is 54.2 Å². The molecule has 0 saturated heterocycles. The summed E-state index contributed by atoms with van der Waals surface area (Å²) in [5.74, 6) is 1.29. The first kappa shape index (κ1) is 15.2. The average molecular weight is 315 g/mol. The number of hydrogen-bond acceptors (Lipinski definition) is 5. The standard InChI is InChI=1S/C16H18FN5O/c1-11(2)8-15-20-16(23-21-15)10-18-12-4-5-14(13(17)9-12)22-7-3-6-19-22/h3-7,9,11,18H,8,10H2,1-2H3. The normalized spacial score (nSPS) is 11.1. The van der Waals surface area contributed by atoms with E-state index in [2.05, 4.69) is 34.4 Å². The summed E-state index contributed by atoms with van der Waals surface area (Å²) >= 11 is 0. The van der Waals surface area contributed by atoms with Gasteiger partial charge < -0.3 is 9.84 Å². The fraction of sp³-hybridized carbons (Fsp3) is 0.312. The second-order valence-electron chi connectivity index (χ2n) is 5.67. The monoisotopic (exact) mass is 315 g/mol. The summed E-state index contributed by atoms with van der Waals surface area (Å²) in [6.45, 7) is 4.54. The molecule has 0 spiro atoms. The third kappa shape index (κ3) is 3.74. The molecule has 0 aliphatic heterocycles. The van der Waals surface area contributed by atoms with Crippen LogP contribution in [0.25, 0.3) is 5.69 Å². The summed E-state index contributed by atoms with van der Waals surface area (Å²) in [7, 11) is 0. The number of nitrogens with zero attached hydrogens (tertiary/aromatic N) is 4. The Kier molecular flexibility index (Phi) is 4.36. The van der Waals surface area contributed by atoms with Crippen molar-refractivity contribution in [2.75, 3.05) is 5.32 Å². The lowest BCUT2D eigenvalue weighted by Crippen LogP contribution is -2.03. The van der Waals surface area contributed by atoms with Crippen LogP contribution in [-0.4, -0.2) is 19.9 Å². The fourth-order valence-corrected chi connectivity index (χ4v) is 2.20. The van der Waals surface area contributed by atoms with E-state index in [0.29, 0.717) is 35.6 Å². The number of halogens is 1. The SMILES string of the molecule is CC(C)Cc1noc(CNc2ccc(-n3cccn3)c(F)c2)n1. The van der Waals surface area contributed by atoms with Crippen LogP contribution in [0.2, 0.25) is 0 Å². The van der Waals surface area contributed by atoms with Crippen molar-refractivity contribution in [2.45, 2.75) is 26.8 Å². The lowest BCUT2D eigenvalue weighted by Gasteiger charge is -2.07. The first-order valence-electron chi connectivity index (χ1n) is 7.46. The molecule has 2 aromatic heterocycles. The molecule has 3 rings (SSSR count). The third-order valence-corrected chi connectivity index (χ3v) is 3.24. The van der Waals surface area contributed by atoms with Crippen molar-refractivity contribution in [1.29, 1.82) is 0 Å². The van der Waals surface area contributed by atoms with Gasteiger partial charge in [-0.05, 0) is 30.2 Å². The van der Waals surface area contributed by atoms with Gasteiger partial charge in [-0.25, -0.2) is 9.07 Å². The summed E-state index contributed by atoms with van der Waals surface area (Å²) in [4.78, 5) is 4.30. The predicted molar refractivity (Wildman–Crippen MR) is 83.7 cm³/mol. The van der Waals surface area contributed by atoms with Gasteiger partial charge in [0.25, 0.3) is 0 Å². The van der Waals surface area contributed by atoms with Crippen LogP contribution >= 0.6 is 0 Å². The van der Waals surface area contributed by atoms with Crippen molar-refractivity contribution < 1.29 is 8.91 Å². The van der Waals surface area contributed by atoms with Crippen molar-refractivity contribution >= 4 is 5.69 Å². The molecule has 0 aliphatic carbocycles. The Labute approximate surface area is 133 Å². The van der Waals surface area contributed by atoms with Crippen LogP contribution in [0.4, 0.5) is 10.1 Å². The number of rotatable bonds is 6. The number of aromatic nitrogens is 4. The Bertz CT molecular complexity index is 767. The molecule has 1 N–H and O–H groups in total. The van der Waals surface area contributed by atoms with E-state index in [1.54, 1.807) is 30.6 Å². The van der Waals surface area contributed by atoms with Gasteiger partial charge in [-0.1, -0.05) is 19.0 Å². The number of benzene rings is 1. The second kappa shape index (κ2) is 6.60. The van der Waals surface area contributed by atoms with Gasteiger partial charge in [0.2, 0.25) is 5.89 Å². The maximum absolute atomic E-state index is 14.1. The maximum atomic E-state index is 14.1. The van der Waals surface area contributed by atoms with Crippen LogP contribution in [0.15, 0.2) is 41.2 Å². The van der Waals surface area contributed by atoms with Crippen molar-refractivity contribution in [2.24, 2.45) is 5.92 Å². The van der Waals surface area contributed by atoms with E-state index in [1.807, 2.05) is 0 Å². The molecule has 2 heterocycles. The Hall–Kier alpha value is -2.70. The predicted octanol–water partition coefficient (Wildman–Crippen LogP) is 3.21. The van der Waals surface area contributed by atoms with Crippen LogP contribution in [0.3, 0.4) is 0 Å². The van der Waals surface area contributed by atoms with Crippen LogP contribution in [0, 0.1) is 11.7 Å². The topological polar surface area (TPSA) is 68.8 Å². The van der Waals surface area contributed by atoms with Gasteiger partial charge in [-0.2, -0.15) is 10.1 Å². The molecule has 0 fully saturated rings. The summed E-state index contributed by atoms with van der Waals surface area (Å²) in [6, 6.07) is 6.62. The highest BCUT2D eigenvalue weighted by molar-refractivity contribution is 5.49. The Balaban J connectivity index is 1.64.